The van der Waals surface area contributed by atoms with Gasteiger partial charge in [-0.15, -0.1) is 0 Å². The second kappa shape index (κ2) is 5.66. The van der Waals surface area contributed by atoms with E-state index in [2.05, 4.69) is 0 Å². The molecule has 110 valence electrons. The monoisotopic (exact) mass is 286 g/mol. The first-order chi connectivity index (χ1) is 10.3. The fourth-order valence-corrected chi connectivity index (χ4v) is 2.72. The molecule has 0 saturated heterocycles. The van der Waals surface area contributed by atoms with Gasteiger partial charge in [0.15, 0.2) is 0 Å². The molecule has 4 nitrogen and oxygen atoms in total. The van der Waals surface area contributed by atoms with E-state index in [1.807, 2.05) is 42.5 Å². The van der Waals surface area contributed by atoms with Gasteiger partial charge in [0.25, 0.3) is 0 Å². The molecule has 0 radical (unpaired) electrons. The molecular formula is C17H18O4. The van der Waals surface area contributed by atoms with E-state index in [1.54, 1.807) is 14.2 Å². The summed E-state index contributed by atoms with van der Waals surface area (Å²) in [5.74, 6) is 2.28. The summed E-state index contributed by atoms with van der Waals surface area (Å²) < 4.78 is 16.4. The Morgan fingerprint density at radius 1 is 1.00 bits per heavy atom. The van der Waals surface area contributed by atoms with Crippen LogP contribution in [0.3, 0.4) is 0 Å². The van der Waals surface area contributed by atoms with E-state index in [0.29, 0.717) is 0 Å². The lowest BCUT2D eigenvalue weighted by molar-refractivity contribution is 0.160. The zero-order valence-corrected chi connectivity index (χ0v) is 12.1. The van der Waals surface area contributed by atoms with Crippen LogP contribution in [-0.4, -0.2) is 25.9 Å². The molecule has 0 amide bonds. The second-order valence-electron chi connectivity index (χ2n) is 5.00. The third-order valence-electron chi connectivity index (χ3n) is 3.88. The minimum absolute atomic E-state index is 0.0247. The molecule has 0 unspecified atom stereocenters. The number of ether oxygens (including phenoxy) is 3. The molecule has 2 aromatic carbocycles. The van der Waals surface area contributed by atoms with Crippen molar-refractivity contribution in [3.05, 3.63) is 53.6 Å². The van der Waals surface area contributed by atoms with E-state index in [0.717, 1.165) is 28.4 Å². The first-order valence-electron chi connectivity index (χ1n) is 6.86. The Hall–Kier alpha value is -2.20. The minimum atomic E-state index is -0.192. The van der Waals surface area contributed by atoms with Crippen molar-refractivity contribution in [3.8, 4) is 17.2 Å². The normalized spacial score (nSPS) is 19.8. The van der Waals surface area contributed by atoms with Crippen LogP contribution in [0.25, 0.3) is 0 Å². The van der Waals surface area contributed by atoms with Gasteiger partial charge in [0.1, 0.15) is 23.4 Å². The fraction of sp³-hybridized carbons (Fsp3) is 0.294. The number of hydrogen-bond acceptors (Lipinski definition) is 4. The third-order valence-corrected chi connectivity index (χ3v) is 3.88. The molecule has 21 heavy (non-hydrogen) atoms. The Morgan fingerprint density at radius 2 is 1.67 bits per heavy atom. The number of hydrogen-bond donors (Lipinski definition) is 1. The van der Waals surface area contributed by atoms with Crippen LogP contribution >= 0.6 is 0 Å². The Morgan fingerprint density at radius 3 is 2.29 bits per heavy atom. The SMILES string of the molecule is COc1ccc([C@@H]2Oc3ccc(OC)cc3[C@H]2CO)cc1. The maximum Gasteiger partial charge on any atom is 0.133 e. The van der Waals surface area contributed by atoms with Crippen LogP contribution in [0.5, 0.6) is 17.2 Å². The summed E-state index contributed by atoms with van der Waals surface area (Å²) in [6.07, 6.45) is -0.192. The molecule has 1 aliphatic rings. The Kier molecular flexibility index (Phi) is 3.71. The van der Waals surface area contributed by atoms with Gasteiger partial charge >= 0.3 is 0 Å². The molecule has 0 bridgehead atoms. The average molecular weight is 286 g/mol. The fourth-order valence-electron chi connectivity index (χ4n) is 2.72. The highest BCUT2D eigenvalue weighted by Gasteiger charge is 2.35. The molecule has 0 aromatic heterocycles. The minimum Gasteiger partial charge on any atom is -0.497 e. The van der Waals surface area contributed by atoms with Gasteiger partial charge in [-0.3, -0.25) is 0 Å². The average Bonchev–Trinajstić information content (AvgIpc) is 2.92. The van der Waals surface area contributed by atoms with Crippen molar-refractivity contribution >= 4 is 0 Å². The number of methoxy groups -OCH3 is 2. The lowest BCUT2D eigenvalue weighted by atomic mass is 9.92. The van der Waals surface area contributed by atoms with E-state index in [4.69, 9.17) is 14.2 Å². The van der Waals surface area contributed by atoms with Crippen molar-refractivity contribution in [2.24, 2.45) is 0 Å². The summed E-state index contributed by atoms with van der Waals surface area (Å²) in [7, 11) is 3.27. The second-order valence-corrected chi connectivity index (χ2v) is 5.00. The van der Waals surface area contributed by atoms with Gasteiger partial charge in [-0.25, -0.2) is 0 Å². The van der Waals surface area contributed by atoms with Crippen LogP contribution in [0.4, 0.5) is 0 Å². The summed E-state index contributed by atoms with van der Waals surface area (Å²) in [4.78, 5) is 0. The molecule has 4 heteroatoms. The third kappa shape index (κ3) is 2.43. The van der Waals surface area contributed by atoms with Crippen LogP contribution < -0.4 is 14.2 Å². The number of aliphatic hydroxyl groups is 1. The molecule has 0 spiro atoms. The van der Waals surface area contributed by atoms with Gasteiger partial charge < -0.3 is 19.3 Å². The predicted molar refractivity (Wildman–Crippen MR) is 79.2 cm³/mol. The van der Waals surface area contributed by atoms with Gasteiger partial charge in [0, 0.05) is 5.56 Å². The summed E-state index contributed by atoms with van der Waals surface area (Å²) >= 11 is 0. The highest BCUT2D eigenvalue weighted by atomic mass is 16.5. The molecule has 0 fully saturated rings. The Bertz CT molecular complexity index is 621. The maximum atomic E-state index is 9.76. The van der Waals surface area contributed by atoms with Crippen LogP contribution in [-0.2, 0) is 0 Å². The summed E-state index contributed by atoms with van der Waals surface area (Å²) in [6, 6.07) is 13.4. The van der Waals surface area contributed by atoms with Gasteiger partial charge in [-0.2, -0.15) is 0 Å². The Labute approximate surface area is 123 Å². The number of aliphatic hydroxyl groups excluding tert-OH is 1. The maximum absolute atomic E-state index is 9.76. The van der Waals surface area contributed by atoms with Crippen molar-refractivity contribution in [1.82, 2.24) is 0 Å². The van der Waals surface area contributed by atoms with Crippen molar-refractivity contribution in [2.45, 2.75) is 12.0 Å². The highest BCUT2D eigenvalue weighted by molar-refractivity contribution is 5.48. The largest absolute Gasteiger partial charge is 0.497 e. The molecule has 0 saturated carbocycles. The summed E-state index contributed by atoms with van der Waals surface area (Å²) in [5, 5.41) is 9.76. The van der Waals surface area contributed by atoms with E-state index in [9.17, 15) is 5.11 Å². The molecule has 1 N–H and O–H groups in total. The van der Waals surface area contributed by atoms with Crippen LogP contribution in [0.2, 0.25) is 0 Å². The standard InChI is InChI=1S/C17H18O4/c1-19-12-5-3-11(4-6-12)17-15(10-18)14-9-13(20-2)7-8-16(14)21-17/h3-9,15,17-18H,10H2,1-2H3/t15-,17+/m1/s1. The molecule has 1 aliphatic heterocycles. The highest BCUT2D eigenvalue weighted by Crippen LogP contribution is 2.47. The lowest BCUT2D eigenvalue weighted by Gasteiger charge is -2.17. The summed E-state index contributed by atoms with van der Waals surface area (Å²) in [5.41, 5.74) is 2.00. The number of benzene rings is 2. The zero-order valence-electron chi connectivity index (χ0n) is 12.1. The molecule has 0 aliphatic carbocycles. The molecule has 2 atom stereocenters. The Balaban J connectivity index is 1.94. The van der Waals surface area contributed by atoms with E-state index in [1.165, 1.54) is 0 Å². The zero-order chi connectivity index (χ0) is 14.8. The van der Waals surface area contributed by atoms with Gasteiger partial charge in [-0.05, 0) is 35.9 Å². The predicted octanol–water partition coefficient (Wildman–Crippen LogP) is 2.91. The first kappa shape index (κ1) is 13.8. The van der Waals surface area contributed by atoms with Crippen molar-refractivity contribution < 1.29 is 19.3 Å². The van der Waals surface area contributed by atoms with Crippen molar-refractivity contribution in [2.75, 3.05) is 20.8 Å². The van der Waals surface area contributed by atoms with Crippen LogP contribution in [0.1, 0.15) is 23.1 Å². The van der Waals surface area contributed by atoms with Crippen molar-refractivity contribution in [1.29, 1.82) is 0 Å². The van der Waals surface area contributed by atoms with E-state index in [-0.39, 0.29) is 18.6 Å². The molecular weight excluding hydrogens is 268 g/mol. The molecule has 1 heterocycles. The molecule has 3 rings (SSSR count). The smallest absolute Gasteiger partial charge is 0.133 e. The van der Waals surface area contributed by atoms with Gasteiger partial charge in [-0.1, -0.05) is 12.1 Å². The number of fused-ring (bicyclic) bond motifs is 1. The van der Waals surface area contributed by atoms with Gasteiger partial charge in [0.2, 0.25) is 0 Å². The molecule has 2 aromatic rings. The van der Waals surface area contributed by atoms with E-state index >= 15 is 0 Å². The van der Waals surface area contributed by atoms with E-state index < -0.39 is 0 Å². The van der Waals surface area contributed by atoms with Crippen molar-refractivity contribution in [3.63, 3.8) is 0 Å². The van der Waals surface area contributed by atoms with Crippen LogP contribution in [0, 0.1) is 0 Å². The topological polar surface area (TPSA) is 47.9 Å². The lowest BCUT2D eigenvalue weighted by Crippen LogP contribution is -2.13. The quantitative estimate of drug-likeness (QED) is 0.939. The van der Waals surface area contributed by atoms with Crippen LogP contribution in [0.15, 0.2) is 42.5 Å². The summed E-state index contributed by atoms with van der Waals surface area (Å²) in [6.45, 7) is 0.0247. The van der Waals surface area contributed by atoms with Gasteiger partial charge in [0.05, 0.1) is 26.7 Å². The first-order valence-corrected chi connectivity index (χ1v) is 6.86. The number of rotatable bonds is 4.